The fraction of sp³-hybridized carbons (Fsp3) is 0.941. The number of nitrogens with zero attached hydrogens (tertiary/aromatic N) is 1. The van der Waals surface area contributed by atoms with Crippen LogP contribution in [0.1, 0.15) is 40.0 Å². The van der Waals surface area contributed by atoms with Gasteiger partial charge in [-0.1, -0.05) is 0 Å². The number of alkyl carbamates (subject to hydrolysis) is 1. The molecule has 1 aliphatic heterocycles. The minimum atomic E-state index is -0.446. The first kappa shape index (κ1) is 20.2. The molecule has 2 unspecified atom stereocenters. The SMILES string of the molecule is COCC(CCCNC(=O)OC(C)(C)C)NCC1CCN(C)C1. The molecule has 0 radical (unpaired) electrons. The second kappa shape index (κ2) is 10.1. The summed E-state index contributed by atoms with van der Waals surface area (Å²) >= 11 is 0. The molecular formula is C17H35N3O3. The molecule has 6 nitrogen and oxygen atoms in total. The van der Waals surface area contributed by atoms with Crippen LogP contribution in [0.3, 0.4) is 0 Å². The summed E-state index contributed by atoms with van der Waals surface area (Å²) in [5.74, 6) is 0.735. The van der Waals surface area contributed by atoms with Crippen molar-refractivity contribution in [2.75, 3.05) is 46.9 Å². The third-order valence-electron chi connectivity index (χ3n) is 3.95. The number of ether oxygens (including phenoxy) is 2. The predicted molar refractivity (Wildman–Crippen MR) is 92.7 cm³/mol. The molecular weight excluding hydrogens is 294 g/mol. The molecule has 0 aromatic heterocycles. The lowest BCUT2D eigenvalue weighted by Gasteiger charge is -2.21. The first-order valence-corrected chi connectivity index (χ1v) is 8.68. The van der Waals surface area contributed by atoms with Crippen molar-refractivity contribution >= 4 is 6.09 Å². The highest BCUT2D eigenvalue weighted by molar-refractivity contribution is 5.67. The second-order valence-electron chi connectivity index (χ2n) is 7.55. The van der Waals surface area contributed by atoms with Gasteiger partial charge in [-0.3, -0.25) is 0 Å². The van der Waals surface area contributed by atoms with Crippen LogP contribution >= 0.6 is 0 Å². The van der Waals surface area contributed by atoms with Crippen molar-refractivity contribution < 1.29 is 14.3 Å². The first-order chi connectivity index (χ1) is 10.8. The molecule has 136 valence electrons. The van der Waals surface area contributed by atoms with Crippen LogP contribution in [0, 0.1) is 5.92 Å². The van der Waals surface area contributed by atoms with E-state index in [-0.39, 0.29) is 6.09 Å². The lowest BCUT2D eigenvalue weighted by molar-refractivity contribution is 0.0526. The molecule has 2 N–H and O–H groups in total. The smallest absolute Gasteiger partial charge is 0.407 e. The van der Waals surface area contributed by atoms with Gasteiger partial charge in [-0.15, -0.1) is 0 Å². The van der Waals surface area contributed by atoms with Crippen molar-refractivity contribution in [3.8, 4) is 0 Å². The highest BCUT2D eigenvalue weighted by atomic mass is 16.6. The molecule has 1 fully saturated rings. The lowest BCUT2D eigenvalue weighted by Crippen LogP contribution is -2.38. The van der Waals surface area contributed by atoms with Crippen LogP contribution in [0.5, 0.6) is 0 Å². The molecule has 1 saturated heterocycles. The Hall–Kier alpha value is -0.850. The first-order valence-electron chi connectivity index (χ1n) is 8.68. The van der Waals surface area contributed by atoms with Crippen LogP contribution in [0.25, 0.3) is 0 Å². The van der Waals surface area contributed by atoms with E-state index in [9.17, 15) is 4.79 Å². The van der Waals surface area contributed by atoms with Crippen molar-refractivity contribution in [2.24, 2.45) is 5.92 Å². The minimum absolute atomic E-state index is 0.339. The van der Waals surface area contributed by atoms with Gasteiger partial charge in [0, 0.05) is 26.2 Å². The molecule has 1 amide bonds. The molecule has 0 aromatic rings. The third kappa shape index (κ3) is 9.79. The van der Waals surface area contributed by atoms with Crippen LogP contribution in [0.2, 0.25) is 0 Å². The molecule has 2 atom stereocenters. The number of amides is 1. The number of methoxy groups -OCH3 is 1. The highest BCUT2D eigenvalue weighted by Crippen LogP contribution is 2.13. The van der Waals surface area contributed by atoms with Crippen molar-refractivity contribution in [1.82, 2.24) is 15.5 Å². The molecule has 0 aromatic carbocycles. The topological polar surface area (TPSA) is 62.8 Å². The zero-order valence-electron chi connectivity index (χ0n) is 15.5. The molecule has 1 rings (SSSR count). The van der Waals surface area contributed by atoms with E-state index < -0.39 is 5.60 Å². The zero-order chi connectivity index (χ0) is 17.3. The number of rotatable bonds is 9. The molecule has 1 aliphatic rings. The van der Waals surface area contributed by atoms with Crippen molar-refractivity contribution in [3.63, 3.8) is 0 Å². The predicted octanol–water partition coefficient (Wildman–Crippen LogP) is 1.85. The van der Waals surface area contributed by atoms with Crippen LogP contribution in [-0.4, -0.2) is 69.6 Å². The van der Waals surface area contributed by atoms with Gasteiger partial charge in [0.15, 0.2) is 0 Å². The standard InChI is InChI=1S/C17H35N3O3/c1-17(2,3)23-16(21)18-9-6-7-15(13-22-5)19-11-14-8-10-20(4)12-14/h14-15,19H,6-13H2,1-5H3,(H,18,21). The van der Waals surface area contributed by atoms with Gasteiger partial charge in [-0.25, -0.2) is 4.79 Å². The molecule has 0 spiro atoms. The number of carbonyl (C=O) groups excluding carboxylic acids is 1. The maximum Gasteiger partial charge on any atom is 0.407 e. The average molecular weight is 329 g/mol. The number of nitrogens with one attached hydrogen (secondary N) is 2. The Bertz CT molecular complexity index is 344. The van der Waals surface area contributed by atoms with Crippen molar-refractivity contribution in [2.45, 2.75) is 51.7 Å². The Morgan fingerprint density at radius 2 is 2.13 bits per heavy atom. The molecule has 0 aliphatic carbocycles. The monoisotopic (exact) mass is 329 g/mol. The van der Waals surface area contributed by atoms with Gasteiger partial charge in [0.1, 0.15) is 5.60 Å². The van der Waals surface area contributed by atoms with Crippen LogP contribution in [-0.2, 0) is 9.47 Å². The summed E-state index contributed by atoms with van der Waals surface area (Å²) in [5.41, 5.74) is -0.446. The van der Waals surface area contributed by atoms with Crippen LogP contribution in [0.4, 0.5) is 4.79 Å². The summed E-state index contributed by atoms with van der Waals surface area (Å²) in [4.78, 5) is 14.0. The third-order valence-corrected chi connectivity index (χ3v) is 3.95. The van der Waals surface area contributed by atoms with E-state index in [2.05, 4.69) is 22.6 Å². The summed E-state index contributed by atoms with van der Waals surface area (Å²) in [6.07, 6.45) is 2.81. The summed E-state index contributed by atoms with van der Waals surface area (Å²) in [7, 11) is 3.91. The summed E-state index contributed by atoms with van der Waals surface area (Å²) < 4.78 is 10.5. The minimum Gasteiger partial charge on any atom is -0.444 e. The van der Waals surface area contributed by atoms with E-state index in [1.165, 1.54) is 19.5 Å². The summed E-state index contributed by atoms with van der Waals surface area (Å²) in [5, 5.41) is 6.42. The van der Waals surface area contributed by atoms with Gasteiger partial charge in [-0.05, 0) is 66.1 Å². The van der Waals surface area contributed by atoms with E-state index >= 15 is 0 Å². The highest BCUT2D eigenvalue weighted by Gasteiger charge is 2.20. The summed E-state index contributed by atoms with van der Waals surface area (Å²) in [6.45, 7) is 10.3. The van der Waals surface area contributed by atoms with Gasteiger partial charge in [0.2, 0.25) is 0 Å². The van der Waals surface area contributed by atoms with Crippen LogP contribution in [0.15, 0.2) is 0 Å². The molecule has 0 saturated carbocycles. The van der Waals surface area contributed by atoms with Crippen molar-refractivity contribution in [1.29, 1.82) is 0 Å². The number of likely N-dealkylation sites (tertiary alicyclic amines) is 1. The number of carbonyl (C=O) groups is 1. The largest absolute Gasteiger partial charge is 0.444 e. The Morgan fingerprint density at radius 1 is 1.39 bits per heavy atom. The Morgan fingerprint density at radius 3 is 2.70 bits per heavy atom. The van der Waals surface area contributed by atoms with E-state index in [0.717, 1.165) is 25.3 Å². The fourth-order valence-corrected chi connectivity index (χ4v) is 2.82. The zero-order valence-corrected chi connectivity index (χ0v) is 15.5. The van der Waals surface area contributed by atoms with E-state index in [1.807, 2.05) is 20.8 Å². The van der Waals surface area contributed by atoms with Crippen molar-refractivity contribution in [3.05, 3.63) is 0 Å². The average Bonchev–Trinajstić information content (AvgIpc) is 2.84. The Labute approximate surface area is 141 Å². The molecule has 23 heavy (non-hydrogen) atoms. The fourth-order valence-electron chi connectivity index (χ4n) is 2.82. The maximum atomic E-state index is 11.6. The Balaban J connectivity index is 2.16. The van der Waals surface area contributed by atoms with E-state index in [1.54, 1.807) is 7.11 Å². The van der Waals surface area contributed by atoms with Gasteiger partial charge in [0.25, 0.3) is 0 Å². The van der Waals surface area contributed by atoms with Gasteiger partial charge < -0.3 is 25.0 Å². The normalized spacial score (nSPS) is 20.5. The van der Waals surface area contributed by atoms with E-state index in [0.29, 0.717) is 19.2 Å². The Kier molecular flexibility index (Phi) is 8.87. The molecule has 0 bridgehead atoms. The van der Waals surface area contributed by atoms with E-state index in [4.69, 9.17) is 9.47 Å². The summed E-state index contributed by atoms with van der Waals surface area (Å²) in [6, 6.07) is 0.339. The quantitative estimate of drug-likeness (QED) is 0.632. The maximum absolute atomic E-state index is 11.6. The number of hydrogen-bond acceptors (Lipinski definition) is 5. The molecule has 1 heterocycles. The van der Waals surface area contributed by atoms with Gasteiger partial charge in [0.05, 0.1) is 6.61 Å². The number of hydrogen-bond donors (Lipinski definition) is 2. The second-order valence-corrected chi connectivity index (χ2v) is 7.55. The van der Waals surface area contributed by atoms with Gasteiger partial charge in [-0.2, -0.15) is 0 Å². The molecule has 6 heteroatoms. The van der Waals surface area contributed by atoms with Gasteiger partial charge >= 0.3 is 6.09 Å². The van der Waals surface area contributed by atoms with Crippen LogP contribution < -0.4 is 10.6 Å². The lowest BCUT2D eigenvalue weighted by atomic mass is 10.1.